The van der Waals surface area contributed by atoms with Crippen molar-refractivity contribution in [3.05, 3.63) is 50.4 Å². The van der Waals surface area contributed by atoms with Crippen LogP contribution in [-0.2, 0) is 16.7 Å². The smallest absolute Gasteiger partial charge is 0.266 e. The van der Waals surface area contributed by atoms with Crippen LogP contribution in [0.2, 0.25) is 0 Å². The summed E-state index contributed by atoms with van der Waals surface area (Å²) in [5.74, 6) is 0.581. The molecule has 0 amide bonds. The molecule has 0 aliphatic carbocycles. The summed E-state index contributed by atoms with van der Waals surface area (Å²) in [5, 5.41) is 15.5. The van der Waals surface area contributed by atoms with Crippen molar-refractivity contribution in [1.82, 2.24) is 19.4 Å². The molecule has 182 valence electrons. The van der Waals surface area contributed by atoms with E-state index in [4.69, 9.17) is 14.9 Å². The van der Waals surface area contributed by atoms with E-state index in [9.17, 15) is 9.59 Å². The van der Waals surface area contributed by atoms with Gasteiger partial charge in [0.25, 0.3) is 5.56 Å². The maximum atomic E-state index is 13.5. The second-order valence-corrected chi connectivity index (χ2v) is 9.68. The molecule has 34 heavy (non-hydrogen) atoms. The van der Waals surface area contributed by atoms with Gasteiger partial charge in [0.15, 0.2) is 11.4 Å². The second-order valence-electron chi connectivity index (χ2n) is 9.68. The molecule has 1 saturated heterocycles. The van der Waals surface area contributed by atoms with Gasteiger partial charge < -0.3 is 14.4 Å². The number of morpholine rings is 1. The standard InChI is InChI=1S/C24H32N6O4/c1-14-15(2)22(32)27-30-21(14)26-29(23(30)25)13-19(31)16-11-17(24(3,4)5)20(33-6)18(12-16)28-7-9-34-10-8-28/h11-12,25H,7-10,13H2,1-6H3,(H,27,32). The molecule has 1 aromatic carbocycles. The molecule has 0 radical (unpaired) electrons. The number of rotatable bonds is 5. The van der Waals surface area contributed by atoms with E-state index < -0.39 is 0 Å². The van der Waals surface area contributed by atoms with Crippen molar-refractivity contribution >= 4 is 17.1 Å². The molecule has 0 saturated carbocycles. The van der Waals surface area contributed by atoms with Crippen molar-refractivity contribution in [2.45, 2.75) is 46.6 Å². The van der Waals surface area contributed by atoms with Crippen LogP contribution in [0, 0.1) is 19.3 Å². The van der Waals surface area contributed by atoms with E-state index in [1.165, 1.54) is 9.20 Å². The molecule has 4 rings (SSSR count). The summed E-state index contributed by atoms with van der Waals surface area (Å²) in [7, 11) is 1.65. The van der Waals surface area contributed by atoms with Gasteiger partial charge in [-0.15, -0.1) is 5.10 Å². The number of Topliss-reactive ketones (excluding diaryl/α,β-unsaturated/α-hetero) is 1. The zero-order valence-electron chi connectivity index (χ0n) is 20.6. The van der Waals surface area contributed by atoms with Crippen LogP contribution in [0.5, 0.6) is 5.75 Å². The molecule has 3 aromatic rings. The first kappa shape index (κ1) is 23.7. The zero-order valence-corrected chi connectivity index (χ0v) is 20.6. The zero-order chi connectivity index (χ0) is 24.8. The number of carbonyl (C=O) groups excluding carboxylic acids is 1. The number of aromatic nitrogens is 4. The highest BCUT2D eigenvalue weighted by Crippen LogP contribution is 2.40. The number of methoxy groups -OCH3 is 1. The van der Waals surface area contributed by atoms with E-state index in [2.05, 4.69) is 35.9 Å². The van der Waals surface area contributed by atoms with Gasteiger partial charge in [0.2, 0.25) is 5.62 Å². The van der Waals surface area contributed by atoms with Crippen LogP contribution in [-0.4, -0.2) is 58.6 Å². The molecule has 0 atom stereocenters. The molecule has 1 aliphatic rings. The maximum absolute atomic E-state index is 13.5. The number of hydrogen-bond donors (Lipinski definition) is 2. The van der Waals surface area contributed by atoms with Gasteiger partial charge in [-0.1, -0.05) is 20.8 Å². The first-order chi connectivity index (χ1) is 16.0. The van der Waals surface area contributed by atoms with Gasteiger partial charge >= 0.3 is 0 Å². The molecule has 1 fully saturated rings. The fraction of sp³-hybridized carbons (Fsp3) is 0.500. The van der Waals surface area contributed by atoms with Gasteiger partial charge in [-0.25, -0.2) is 4.68 Å². The van der Waals surface area contributed by atoms with Crippen molar-refractivity contribution in [1.29, 1.82) is 5.41 Å². The van der Waals surface area contributed by atoms with Crippen LogP contribution < -0.4 is 20.8 Å². The lowest BCUT2D eigenvalue weighted by molar-refractivity contribution is 0.0965. The van der Waals surface area contributed by atoms with Crippen molar-refractivity contribution < 1.29 is 14.3 Å². The Hall–Kier alpha value is -3.40. The molecular weight excluding hydrogens is 436 g/mol. The number of carbonyl (C=O) groups is 1. The predicted molar refractivity (Wildman–Crippen MR) is 128 cm³/mol. The molecule has 2 aromatic heterocycles. The highest BCUT2D eigenvalue weighted by atomic mass is 16.5. The number of H-pyrrole nitrogens is 1. The number of benzene rings is 1. The lowest BCUT2D eigenvalue weighted by Gasteiger charge is -2.33. The number of hydrogen-bond acceptors (Lipinski definition) is 7. The van der Waals surface area contributed by atoms with E-state index in [0.29, 0.717) is 48.6 Å². The van der Waals surface area contributed by atoms with Crippen LogP contribution in [0.25, 0.3) is 5.65 Å². The number of aromatic amines is 1. The Balaban J connectivity index is 1.79. The molecular formula is C24H32N6O4. The second kappa shape index (κ2) is 8.75. The average molecular weight is 469 g/mol. The molecule has 2 N–H and O–H groups in total. The van der Waals surface area contributed by atoms with E-state index in [0.717, 1.165) is 17.0 Å². The summed E-state index contributed by atoms with van der Waals surface area (Å²) >= 11 is 0. The van der Waals surface area contributed by atoms with E-state index >= 15 is 0 Å². The van der Waals surface area contributed by atoms with Crippen LogP contribution in [0.3, 0.4) is 0 Å². The summed E-state index contributed by atoms with van der Waals surface area (Å²) in [5.41, 5.74) is 3.39. The van der Waals surface area contributed by atoms with Gasteiger partial charge in [0, 0.05) is 35.3 Å². The number of ether oxygens (including phenoxy) is 2. The Morgan fingerprint density at radius 2 is 1.88 bits per heavy atom. The Morgan fingerprint density at radius 3 is 2.50 bits per heavy atom. The molecule has 0 bridgehead atoms. The third kappa shape index (κ3) is 4.13. The predicted octanol–water partition coefficient (Wildman–Crippen LogP) is 1.95. The van der Waals surface area contributed by atoms with Crippen LogP contribution in [0.15, 0.2) is 16.9 Å². The molecule has 1 aliphatic heterocycles. The quantitative estimate of drug-likeness (QED) is 0.553. The fourth-order valence-electron chi connectivity index (χ4n) is 4.22. The molecule has 0 unspecified atom stereocenters. The van der Waals surface area contributed by atoms with Crippen molar-refractivity contribution in [3.63, 3.8) is 0 Å². The first-order valence-corrected chi connectivity index (χ1v) is 11.3. The number of nitrogens with one attached hydrogen (secondary N) is 2. The minimum Gasteiger partial charge on any atom is -0.494 e. The van der Waals surface area contributed by atoms with Crippen molar-refractivity contribution in [2.75, 3.05) is 38.3 Å². The Bertz CT molecular complexity index is 1370. The number of aryl methyl sites for hydroxylation is 1. The first-order valence-electron chi connectivity index (χ1n) is 11.3. The number of nitrogens with zero attached hydrogens (tertiary/aromatic N) is 4. The van der Waals surface area contributed by atoms with E-state index in [1.807, 2.05) is 12.1 Å². The SMILES string of the molecule is COc1c(N2CCOCC2)cc(C(=O)Cn2nc3c(C)c(C)c(=O)[nH]n3c2=N)cc1C(C)(C)C. The third-order valence-corrected chi connectivity index (χ3v) is 6.38. The van der Waals surface area contributed by atoms with Crippen LogP contribution in [0.4, 0.5) is 5.69 Å². The monoisotopic (exact) mass is 468 g/mol. The Labute approximate surface area is 197 Å². The van der Waals surface area contributed by atoms with Crippen LogP contribution >= 0.6 is 0 Å². The van der Waals surface area contributed by atoms with Gasteiger partial charge in [-0.3, -0.25) is 20.1 Å². The van der Waals surface area contributed by atoms with Gasteiger partial charge in [0.05, 0.1) is 26.0 Å². The average Bonchev–Trinajstić information content (AvgIpc) is 3.11. The summed E-state index contributed by atoms with van der Waals surface area (Å²) in [6, 6.07) is 3.74. The molecule has 3 heterocycles. The summed E-state index contributed by atoms with van der Waals surface area (Å²) in [4.78, 5) is 27.8. The fourth-order valence-corrected chi connectivity index (χ4v) is 4.22. The minimum atomic E-state index is -0.283. The number of ketones is 1. The highest BCUT2D eigenvalue weighted by Gasteiger charge is 2.27. The summed E-state index contributed by atoms with van der Waals surface area (Å²) in [6.45, 7) is 12.3. The minimum absolute atomic E-state index is 0.0680. The number of fused-ring (bicyclic) bond motifs is 1. The maximum Gasteiger partial charge on any atom is 0.266 e. The molecule has 10 heteroatoms. The third-order valence-electron chi connectivity index (χ3n) is 6.38. The molecule has 0 spiro atoms. The highest BCUT2D eigenvalue weighted by molar-refractivity contribution is 5.97. The van der Waals surface area contributed by atoms with Gasteiger partial charge in [-0.2, -0.15) is 4.52 Å². The van der Waals surface area contributed by atoms with Gasteiger partial charge in [-0.05, 0) is 31.4 Å². The lowest BCUT2D eigenvalue weighted by atomic mass is 9.84. The van der Waals surface area contributed by atoms with Crippen LogP contribution in [0.1, 0.15) is 47.8 Å². The Kier molecular flexibility index (Phi) is 6.11. The topological polar surface area (TPSA) is 118 Å². The van der Waals surface area contributed by atoms with E-state index in [-0.39, 0.29) is 28.9 Å². The van der Waals surface area contributed by atoms with Crippen molar-refractivity contribution in [3.8, 4) is 5.75 Å². The van der Waals surface area contributed by atoms with E-state index in [1.54, 1.807) is 21.0 Å². The van der Waals surface area contributed by atoms with Crippen molar-refractivity contribution in [2.24, 2.45) is 0 Å². The molecule has 10 nitrogen and oxygen atoms in total. The summed E-state index contributed by atoms with van der Waals surface area (Å²) < 4.78 is 14.0. The Morgan fingerprint density at radius 1 is 1.21 bits per heavy atom. The lowest BCUT2D eigenvalue weighted by Crippen LogP contribution is -2.37. The van der Waals surface area contributed by atoms with Gasteiger partial charge in [0.1, 0.15) is 12.3 Å². The number of anilines is 1. The summed E-state index contributed by atoms with van der Waals surface area (Å²) in [6.07, 6.45) is 0. The largest absolute Gasteiger partial charge is 0.494 e. The normalized spacial score (nSPS) is 14.6.